The zero-order valence-electron chi connectivity index (χ0n) is 13.6. The lowest BCUT2D eigenvalue weighted by Gasteiger charge is -2.30. The van der Waals surface area contributed by atoms with E-state index in [0.717, 1.165) is 32.3 Å². The second-order valence-corrected chi connectivity index (χ2v) is 5.88. The standard InChI is InChI=1S/C16H25N3O3/c1-4-8-19(10-13-7-5-6-9-22-13)16(21)14-11(2)12(3)17-18-15(14)20/h13H,4-10H2,1-3H3,(H,18,20)/t13-/m0/s1. The van der Waals surface area contributed by atoms with Gasteiger partial charge in [0.05, 0.1) is 11.8 Å². The van der Waals surface area contributed by atoms with E-state index in [-0.39, 0.29) is 17.6 Å². The number of carbonyl (C=O) groups excluding carboxylic acids is 1. The molecule has 0 saturated carbocycles. The van der Waals surface area contributed by atoms with E-state index in [0.29, 0.717) is 24.3 Å². The van der Waals surface area contributed by atoms with E-state index in [1.807, 2.05) is 6.92 Å². The summed E-state index contributed by atoms with van der Waals surface area (Å²) >= 11 is 0. The van der Waals surface area contributed by atoms with Crippen molar-refractivity contribution in [2.45, 2.75) is 52.6 Å². The molecule has 0 spiro atoms. The number of nitrogens with one attached hydrogen (secondary N) is 1. The minimum absolute atomic E-state index is 0.0755. The topological polar surface area (TPSA) is 75.3 Å². The van der Waals surface area contributed by atoms with Crippen LogP contribution in [0.4, 0.5) is 0 Å². The number of amides is 1. The molecule has 1 atom stereocenters. The number of hydrogen-bond acceptors (Lipinski definition) is 4. The maximum atomic E-state index is 12.8. The number of nitrogens with zero attached hydrogens (tertiary/aromatic N) is 2. The molecule has 1 fully saturated rings. The number of hydrogen-bond donors (Lipinski definition) is 1. The first kappa shape index (κ1) is 16.7. The second kappa shape index (κ2) is 7.54. The van der Waals surface area contributed by atoms with E-state index >= 15 is 0 Å². The van der Waals surface area contributed by atoms with Crippen LogP contribution in [-0.2, 0) is 4.74 Å². The van der Waals surface area contributed by atoms with Crippen molar-refractivity contribution in [2.75, 3.05) is 19.7 Å². The molecule has 0 bridgehead atoms. The lowest BCUT2D eigenvalue weighted by molar-refractivity contribution is -0.00390. The van der Waals surface area contributed by atoms with E-state index in [1.54, 1.807) is 18.7 Å². The molecule has 2 heterocycles. The van der Waals surface area contributed by atoms with Crippen molar-refractivity contribution in [1.29, 1.82) is 0 Å². The lowest BCUT2D eigenvalue weighted by atomic mass is 10.1. The number of carbonyl (C=O) groups is 1. The number of ether oxygens (including phenoxy) is 1. The van der Waals surface area contributed by atoms with E-state index in [1.165, 1.54) is 0 Å². The summed E-state index contributed by atoms with van der Waals surface area (Å²) in [4.78, 5) is 26.6. The van der Waals surface area contributed by atoms with Crippen LogP contribution in [0.15, 0.2) is 4.79 Å². The quantitative estimate of drug-likeness (QED) is 0.900. The molecule has 1 N–H and O–H groups in total. The summed E-state index contributed by atoms with van der Waals surface area (Å²) in [7, 11) is 0. The van der Waals surface area contributed by atoms with Crippen molar-refractivity contribution in [2.24, 2.45) is 0 Å². The van der Waals surface area contributed by atoms with Crippen LogP contribution in [0.3, 0.4) is 0 Å². The zero-order chi connectivity index (χ0) is 16.1. The second-order valence-electron chi connectivity index (χ2n) is 5.88. The lowest BCUT2D eigenvalue weighted by Crippen LogP contribution is -2.42. The summed E-state index contributed by atoms with van der Waals surface area (Å²) in [6.07, 6.45) is 4.11. The van der Waals surface area contributed by atoms with Gasteiger partial charge >= 0.3 is 0 Å². The van der Waals surface area contributed by atoms with Gasteiger partial charge in [0.2, 0.25) is 0 Å². The van der Waals surface area contributed by atoms with Gasteiger partial charge in [-0.2, -0.15) is 5.10 Å². The first-order valence-corrected chi connectivity index (χ1v) is 8.01. The molecule has 0 aliphatic carbocycles. The summed E-state index contributed by atoms with van der Waals surface area (Å²) in [6.45, 7) is 7.51. The Balaban J connectivity index is 2.22. The molecule has 0 radical (unpaired) electrons. The third kappa shape index (κ3) is 3.74. The van der Waals surface area contributed by atoms with Gasteiger partial charge in [0.25, 0.3) is 11.5 Å². The molecule has 1 aromatic heterocycles. The van der Waals surface area contributed by atoms with E-state index < -0.39 is 5.56 Å². The summed E-state index contributed by atoms with van der Waals surface area (Å²) in [5, 5.41) is 6.32. The van der Waals surface area contributed by atoms with Crippen LogP contribution in [0.25, 0.3) is 0 Å². The highest BCUT2D eigenvalue weighted by atomic mass is 16.5. The molecule has 1 amide bonds. The van der Waals surface area contributed by atoms with Crippen LogP contribution < -0.4 is 5.56 Å². The van der Waals surface area contributed by atoms with Crippen LogP contribution in [0.2, 0.25) is 0 Å². The van der Waals surface area contributed by atoms with Crippen molar-refractivity contribution in [1.82, 2.24) is 15.1 Å². The van der Waals surface area contributed by atoms with Gasteiger partial charge in [0.15, 0.2) is 0 Å². The third-order valence-corrected chi connectivity index (χ3v) is 4.16. The number of aromatic amines is 1. The van der Waals surface area contributed by atoms with E-state index in [9.17, 15) is 9.59 Å². The molecule has 6 nitrogen and oxygen atoms in total. The molecule has 2 rings (SSSR count). The molecule has 0 unspecified atom stereocenters. The van der Waals surface area contributed by atoms with Crippen molar-refractivity contribution in [3.63, 3.8) is 0 Å². The summed E-state index contributed by atoms with van der Waals surface area (Å²) in [5.41, 5.74) is 1.11. The number of aryl methyl sites for hydroxylation is 1. The Bertz CT molecular complexity index is 576. The van der Waals surface area contributed by atoms with Crippen molar-refractivity contribution < 1.29 is 9.53 Å². The Morgan fingerprint density at radius 3 is 2.82 bits per heavy atom. The highest BCUT2D eigenvalue weighted by molar-refractivity contribution is 5.95. The van der Waals surface area contributed by atoms with Gasteiger partial charge in [-0.1, -0.05) is 6.92 Å². The first-order chi connectivity index (χ1) is 10.5. The van der Waals surface area contributed by atoms with Crippen LogP contribution in [0.5, 0.6) is 0 Å². The smallest absolute Gasteiger partial charge is 0.277 e. The monoisotopic (exact) mass is 307 g/mol. The highest BCUT2D eigenvalue weighted by Gasteiger charge is 2.25. The average molecular weight is 307 g/mol. The molecule has 6 heteroatoms. The fourth-order valence-electron chi connectivity index (χ4n) is 2.78. The van der Waals surface area contributed by atoms with Gasteiger partial charge in [-0.3, -0.25) is 9.59 Å². The highest BCUT2D eigenvalue weighted by Crippen LogP contribution is 2.16. The number of aromatic nitrogens is 2. The van der Waals surface area contributed by atoms with E-state index in [2.05, 4.69) is 10.2 Å². The van der Waals surface area contributed by atoms with Gasteiger partial charge in [0.1, 0.15) is 5.56 Å². The van der Waals surface area contributed by atoms with Crippen LogP contribution in [0, 0.1) is 13.8 Å². The normalized spacial score (nSPS) is 18.2. The van der Waals surface area contributed by atoms with Crippen molar-refractivity contribution in [3.05, 3.63) is 27.2 Å². The van der Waals surface area contributed by atoms with Gasteiger partial charge < -0.3 is 9.64 Å². The van der Waals surface area contributed by atoms with Gasteiger partial charge in [-0.05, 0) is 45.1 Å². The Kier molecular flexibility index (Phi) is 5.71. The van der Waals surface area contributed by atoms with Crippen molar-refractivity contribution in [3.8, 4) is 0 Å². The molecule has 1 aliphatic rings. The third-order valence-electron chi connectivity index (χ3n) is 4.16. The molecule has 122 valence electrons. The van der Waals surface area contributed by atoms with Crippen LogP contribution >= 0.6 is 0 Å². The van der Waals surface area contributed by atoms with Crippen LogP contribution in [0.1, 0.15) is 54.2 Å². The predicted molar refractivity (Wildman–Crippen MR) is 84.1 cm³/mol. The summed E-state index contributed by atoms with van der Waals surface area (Å²) in [6, 6.07) is 0. The number of rotatable bonds is 5. The fraction of sp³-hybridized carbons (Fsp3) is 0.688. The Morgan fingerprint density at radius 2 is 2.18 bits per heavy atom. The Morgan fingerprint density at radius 1 is 1.41 bits per heavy atom. The predicted octanol–water partition coefficient (Wildman–Crippen LogP) is 1.81. The average Bonchev–Trinajstić information content (AvgIpc) is 2.52. The summed E-state index contributed by atoms with van der Waals surface area (Å²) in [5.74, 6) is -0.222. The maximum Gasteiger partial charge on any atom is 0.277 e. The molecule has 1 aliphatic heterocycles. The Hall–Kier alpha value is -1.69. The summed E-state index contributed by atoms with van der Waals surface area (Å²) < 4.78 is 5.73. The minimum Gasteiger partial charge on any atom is -0.376 e. The molecular formula is C16H25N3O3. The zero-order valence-corrected chi connectivity index (χ0v) is 13.6. The maximum absolute atomic E-state index is 12.8. The van der Waals surface area contributed by atoms with E-state index in [4.69, 9.17) is 4.74 Å². The molecule has 1 aromatic rings. The Labute approximate surface area is 130 Å². The first-order valence-electron chi connectivity index (χ1n) is 8.01. The molecule has 0 aromatic carbocycles. The largest absolute Gasteiger partial charge is 0.376 e. The fourth-order valence-corrected chi connectivity index (χ4v) is 2.78. The molecule has 1 saturated heterocycles. The molecule has 22 heavy (non-hydrogen) atoms. The van der Waals surface area contributed by atoms with Gasteiger partial charge in [-0.25, -0.2) is 5.10 Å². The van der Waals surface area contributed by atoms with Gasteiger partial charge in [-0.15, -0.1) is 0 Å². The SMILES string of the molecule is CCCN(C[C@@H]1CCCCO1)C(=O)c1c(C)c(C)n[nH]c1=O. The van der Waals surface area contributed by atoms with Crippen molar-refractivity contribution >= 4 is 5.91 Å². The number of H-pyrrole nitrogens is 1. The van der Waals surface area contributed by atoms with Crippen LogP contribution in [-0.4, -0.2) is 46.8 Å². The van der Waals surface area contributed by atoms with Gasteiger partial charge in [0, 0.05) is 19.7 Å². The minimum atomic E-state index is -0.418. The molecular weight excluding hydrogens is 282 g/mol.